The number of nitrogens with zero attached hydrogens (tertiary/aromatic N) is 1. The van der Waals surface area contributed by atoms with Crippen LogP contribution in [0.15, 0.2) is 35.6 Å². The Hall–Kier alpha value is -1.82. The van der Waals surface area contributed by atoms with Gasteiger partial charge in [0.1, 0.15) is 11.5 Å². The highest BCUT2D eigenvalue weighted by atomic mass is 16.6. The monoisotopic (exact) mass is 327 g/mol. The van der Waals surface area contributed by atoms with Gasteiger partial charge in [-0.1, -0.05) is 18.2 Å². The fourth-order valence-electron chi connectivity index (χ4n) is 5.17. The van der Waals surface area contributed by atoms with Crippen molar-refractivity contribution in [2.24, 2.45) is 0 Å². The molecule has 0 radical (unpaired) electrons. The van der Waals surface area contributed by atoms with Crippen molar-refractivity contribution in [3.05, 3.63) is 52.3 Å². The summed E-state index contributed by atoms with van der Waals surface area (Å²) < 4.78 is 11.9. The van der Waals surface area contributed by atoms with Gasteiger partial charge in [-0.2, -0.15) is 0 Å². The van der Waals surface area contributed by atoms with Crippen LogP contribution in [0.2, 0.25) is 0 Å². The van der Waals surface area contributed by atoms with Crippen LogP contribution in [0.5, 0.6) is 5.75 Å². The van der Waals surface area contributed by atoms with E-state index in [9.17, 15) is 10.2 Å². The molecule has 2 heterocycles. The zero-order valence-corrected chi connectivity index (χ0v) is 13.7. The molecule has 2 aliphatic heterocycles. The van der Waals surface area contributed by atoms with Crippen LogP contribution < -0.4 is 4.74 Å². The third-order valence-electron chi connectivity index (χ3n) is 6.22. The van der Waals surface area contributed by atoms with Crippen LogP contribution in [0.3, 0.4) is 0 Å². The number of hydrogen-bond acceptors (Lipinski definition) is 5. The van der Waals surface area contributed by atoms with E-state index in [0.717, 1.165) is 30.7 Å². The Labute approximate surface area is 140 Å². The first kappa shape index (κ1) is 14.5. The quantitative estimate of drug-likeness (QED) is 0.818. The second-order valence-electron chi connectivity index (χ2n) is 7.13. The smallest absolute Gasteiger partial charge is 0.186 e. The highest BCUT2D eigenvalue weighted by Gasteiger charge is 2.61. The number of benzene rings is 1. The Morgan fingerprint density at radius 2 is 2.21 bits per heavy atom. The predicted octanol–water partition coefficient (Wildman–Crippen LogP) is 1.23. The fourth-order valence-corrected chi connectivity index (χ4v) is 5.17. The summed E-state index contributed by atoms with van der Waals surface area (Å²) in [5.41, 5.74) is 4.54. The van der Waals surface area contributed by atoms with Crippen molar-refractivity contribution >= 4 is 0 Å². The van der Waals surface area contributed by atoms with E-state index in [4.69, 9.17) is 9.47 Å². The number of likely N-dealkylation sites (N-methyl/N-ethyl adjacent to an activating group) is 1. The molecule has 3 atom stereocenters. The molecule has 5 rings (SSSR count). The van der Waals surface area contributed by atoms with E-state index < -0.39 is 0 Å². The molecular formula is C19H21NO4. The lowest BCUT2D eigenvalue weighted by Crippen LogP contribution is -2.58. The van der Waals surface area contributed by atoms with Crippen LogP contribution in [0.1, 0.15) is 23.1 Å². The van der Waals surface area contributed by atoms with Gasteiger partial charge in [-0.25, -0.2) is 0 Å². The number of allylic oxidation sites excluding steroid dienone is 2. The minimum Gasteiger partial charge on any atom is -0.480 e. The molecule has 24 heavy (non-hydrogen) atoms. The Morgan fingerprint density at radius 1 is 1.33 bits per heavy atom. The molecule has 2 aliphatic carbocycles. The first-order valence-corrected chi connectivity index (χ1v) is 8.49. The first-order valence-electron chi connectivity index (χ1n) is 8.49. The first-order chi connectivity index (χ1) is 11.7. The minimum atomic E-state index is -0.357. The molecule has 0 aromatic heterocycles. The van der Waals surface area contributed by atoms with E-state index in [-0.39, 0.29) is 24.9 Å². The van der Waals surface area contributed by atoms with Crippen LogP contribution in [-0.4, -0.2) is 47.6 Å². The van der Waals surface area contributed by atoms with Gasteiger partial charge in [-0.3, -0.25) is 4.90 Å². The van der Waals surface area contributed by atoms with E-state index in [1.54, 1.807) is 0 Å². The fraction of sp³-hybridized carbons (Fsp3) is 0.474. The van der Waals surface area contributed by atoms with Gasteiger partial charge in [0.25, 0.3) is 0 Å². The van der Waals surface area contributed by atoms with Gasteiger partial charge in [-0.15, -0.1) is 0 Å². The van der Waals surface area contributed by atoms with Gasteiger partial charge in [0.2, 0.25) is 0 Å². The van der Waals surface area contributed by atoms with E-state index in [0.29, 0.717) is 11.8 Å². The molecule has 0 amide bonds. The van der Waals surface area contributed by atoms with Gasteiger partial charge >= 0.3 is 0 Å². The summed E-state index contributed by atoms with van der Waals surface area (Å²) in [5.74, 6) is 1.50. The second kappa shape index (κ2) is 4.85. The van der Waals surface area contributed by atoms with Crippen LogP contribution in [0.25, 0.3) is 0 Å². The minimum absolute atomic E-state index is 0.0340. The van der Waals surface area contributed by atoms with Gasteiger partial charge in [0.15, 0.2) is 12.9 Å². The lowest BCUT2D eigenvalue weighted by atomic mass is 9.57. The van der Waals surface area contributed by atoms with Crippen molar-refractivity contribution in [1.82, 2.24) is 4.90 Å². The number of ether oxygens (including phenoxy) is 2. The average molecular weight is 327 g/mol. The molecule has 4 aliphatic rings. The number of piperidine rings is 1. The molecule has 1 fully saturated rings. The zero-order chi connectivity index (χ0) is 16.5. The number of rotatable bonds is 3. The highest BCUT2D eigenvalue weighted by Crippen LogP contribution is 2.61. The summed E-state index contributed by atoms with van der Waals surface area (Å²) in [6.07, 6.45) is 5.78. The molecule has 5 heteroatoms. The second-order valence-corrected chi connectivity index (χ2v) is 7.13. The Bertz CT molecular complexity index is 784. The van der Waals surface area contributed by atoms with Crippen molar-refractivity contribution in [3.63, 3.8) is 0 Å². The average Bonchev–Trinajstić information content (AvgIpc) is 2.94. The molecule has 1 saturated heterocycles. The maximum absolute atomic E-state index is 9.76. The Balaban J connectivity index is 1.80. The molecule has 2 bridgehead atoms. The standard InChI is InChI=1S/C19H21NO4/c1-20-7-6-19-13-4-5-15(23-10-22)18(19)24-17-12(9-21)3-2-11(16(17)19)8-14(13)20/h2-5,14,18,21-22H,6-10H2,1H3/t14-,18?,19+/m1/s1. The summed E-state index contributed by atoms with van der Waals surface area (Å²) in [7, 11) is 2.18. The molecule has 1 aromatic rings. The van der Waals surface area contributed by atoms with Crippen LogP contribution in [-0.2, 0) is 23.2 Å². The van der Waals surface area contributed by atoms with E-state index in [1.807, 2.05) is 12.1 Å². The molecule has 5 nitrogen and oxygen atoms in total. The molecule has 1 aromatic carbocycles. The lowest BCUT2D eigenvalue weighted by molar-refractivity contribution is -0.00298. The summed E-state index contributed by atoms with van der Waals surface area (Å²) in [6, 6.07) is 4.49. The van der Waals surface area contributed by atoms with Crippen molar-refractivity contribution in [3.8, 4) is 5.75 Å². The van der Waals surface area contributed by atoms with Gasteiger partial charge in [0, 0.05) is 17.2 Å². The van der Waals surface area contributed by atoms with Crippen molar-refractivity contribution in [1.29, 1.82) is 0 Å². The third-order valence-corrected chi connectivity index (χ3v) is 6.22. The van der Waals surface area contributed by atoms with Crippen molar-refractivity contribution in [2.45, 2.75) is 37.0 Å². The largest absolute Gasteiger partial charge is 0.480 e. The van der Waals surface area contributed by atoms with Crippen LogP contribution in [0, 0.1) is 0 Å². The summed E-state index contributed by atoms with van der Waals surface area (Å²) in [5, 5.41) is 19.0. The SMILES string of the molecule is CN1CC[C@@]23C4=CC=C(OCO)C2Oc2c(CO)ccc(c23)C[C@H]41. The van der Waals surface area contributed by atoms with Gasteiger partial charge < -0.3 is 19.7 Å². The number of aliphatic hydroxyl groups excluding tert-OH is 2. The molecular weight excluding hydrogens is 306 g/mol. The summed E-state index contributed by atoms with van der Waals surface area (Å²) in [6.45, 7) is 0.606. The molecule has 1 spiro atoms. The number of aliphatic hydroxyl groups is 2. The lowest BCUT2D eigenvalue weighted by Gasteiger charge is -2.52. The van der Waals surface area contributed by atoms with Crippen molar-refractivity contribution < 1.29 is 19.7 Å². The maximum atomic E-state index is 9.76. The van der Waals surface area contributed by atoms with Crippen molar-refractivity contribution in [2.75, 3.05) is 20.4 Å². The van der Waals surface area contributed by atoms with Crippen LogP contribution in [0.4, 0.5) is 0 Å². The van der Waals surface area contributed by atoms with Crippen LogP contribution >= 0.6 is 0 Å². The Kier molecular flexibility index (Phi) is 2.93. The third kappa shape index (κ3) is 1.55. The summed E-state index contributed by atoms with van der Waals surface area (Å²) >= 11 is 0. The van der Waals surface area contributed by atoms with Gasteiger partial charge in [-0.05, 0) is 43.6 Å². The maximum Gasteiger partial charge on any atom is 0.186 e. The van der Waals surface area contributed by atoms with Gasteiger partial charge in [0.05, 0.1) is 12.0 Å². The summed E-state index contributed by atoms with van der Waals surface area (Å²) in [4.78, 5) is 2.42. The highest BCUT2D eigenvalue weighted by molar-refractivity contribution is 5.65. The predicted molar refractivity (Wildman–Crippen MR) is 87.5 cm³/mol. The molecule has 0 saturated carbocycles. The zero-order valence-electron chi connectivity index (χ0n) is 13.7. The Morgan fingerprint density at radius 3 is 3.00 bits per heavy atom. The number of likely N-dealkylation sites (tertiary alicyclic amines) is 1. The topological polar surface area (TPSA) is 62.2 Å². The van der Waals surface area contributed by atoms with E-state index >= 15 is 0 Å². The van der Waals surface area contributed by atoms with E-state index in [1.165, 1.54) is 16.7 Å². The molecule has 2 N–H and O–H groups in total. The molecule has 126 valence electrons. The molecule has 1 unspecified atom stereocenters. The number of hydrogen-bond donors (Lipinski definition) is 2. The normalized spacial score (nSPS) is 32.6. The van der Waals surface area contributed by atoms with E-state index in [2.05, 4.69) is 24.1 Å².